The minimum Gasteiger partial charge on any atom is -0.381 e. The number of benzene rings is 1. The monoisotopic (exact) mass is 427 g/mol. The Labute approximate surface area is 177 Å². The smallest absolute Gasteiger partial charge is 0.240 e. The van der Waals surface area contributed by atoms with E-state index in [1.807, 2.05) is 23.6 Å². The van der Waals surface area contributed by atoms with Crippen molar-refractivity contribution < 1.29 is 8.42 Å². The maximum absolute atomic E-state index is 13.0. The molecule has 160 valence electrons. The summed E-state index contributed by atoms with van der Waals surface area (Å²) in [5, 5.41) is 0. The SMILES string of the molecule is Cc1ccc(S(=O)(=O)NC2CCCCC2)cc1-c1cnc2c(N)nc(C(C)C)cn12. The number of imidazole rings is 1. The van der Waals surface area contributed by atoms with E-state index in [9.17, 15) is 8.42 Å². The molecule has 0 aliphatic heterocycles. The Morgan fingerprint density at radius 2 is 1.93 bits per heavy atom. The number of anilines is 1. The summed E-state index contributed by atoms with van der Waals surface area (Å²) in [5.41, 5.74) is 10.1. The lowest BCUT2D eigenvalue weighted by Gasteiger charge is -2.22. The van der Waals surface area contributed by atoms with Crippen molar-refractivity contribution in [2.24, 2.45) is 0 Å². The van der Waals surface area contributed by atoms with Crippen molar-refractivity contribution in [3.8, 4) is 11.3 Å². The van der Waals surface area contributed by atoms with Crippen LogP contribution in [0.2, 0.25) is 0 Å². The summed E-state index contributed by atoms with van der Waals surface area (Å²) in [6.45, 7) is 6.08. The van der Waals surface area contributed by atoms with Gasteiger partial charge in [0.05, 0.1) is 22.5 Å². The molecule has 0 spiro atoms. The van der Waals surface area contributed by atoms with Crippen LogP contribution in [0.1, 0.15) is 63.1 Å². The van der Waals surface area contributed by atoms with E-state index in [4.69, 9.17) is 5.73 Å². The highest BCUT2D eigenvalue weighted by atomic mass is 32.2. The van der Waals surface area contributed by atoms with Crippen LogP contribution in [0.25, 0.3) is 16.9 Å². The first-order chi connectivity index (χ1) is 14.3. The van der Waals surface area contributed by atoms with Crippen molar-refractivity contribution in [3.05, 3.63) is 41.9 Å². The molecule has 1 aliphatic rings. The van der Waals surface area contributed by atoms with Crippen molar-refractivity contribution in [2.75, 3.05) is 5.73 Å². The molecule has 0 unspecified atom stereocenters. The first kappa shape index (κ1) is 20.8. The molecule has 3 N–H and O–H groups in total. The van der Waals surface area contributed by atoms with Gasteiger partial charge in [-0.15, -0.1) is 0 Å². The van der Waals surface area contributed by atoms with Crippen LogP contribution in [-0.2, 0) is 10.0 Å². The number of nitrogens with zero attached hydrogens (tertiary/aromatic N) is 3. The van der Waals surface area contributed by atoms with Crippen LogP contribution in [0, 0.1) is 6.92 Å². The molecule has 2 heterocycles. The number of nitrogen functional groups attached to an aromatic ring is 1. The molecule has 4 rings (SSSR count). The largest absolute Gasteiger partial charge is 0.381 e. The Morgan fingerprint density at radius 3 is 2.63 bits per heavy atom. The Hall–Kier alpha value is -2.45. The normalized spacial score (nSPS) is 15.9. The summed E-state index contributed by atoms with van der Waals surface area (Å²) in [4.78, 5) is 9.15. The average Bonchev–Trinajstić information content (AvgIpc) is 3.13. The summed E-state index contributed by atoms with van der Waals surface area (Å²) in [5.74, 6) is 0.576. The topological polar surface area (TPSA) is 102 Å². The van der Waals surface area contributed by atoms with Crippen molar-refractivity contribution in [1.82, 2.24) is 19.1 Å². The molecular weight excluding hydrogens is 398 g/mol. The van der Waals surface area contributed by atoms with Crippen LogP contribution in [0.5, 0.6) is 0 Å². The predicted molar refractivity (Wildman–Crippen MR) is 119 cm³/mol. The third-order valence-electron chi connectivity index (χ3n) is 5.85. The number of nitrogens with one attached hydrogen (secondary N) is 1. The van der Waals surface area contributed by atoms with Crippen molar-refractivity contribution >= 4 is 21.5 Å². The van der Waals surface area contributed by atoms with Gasteiger partial charge in [0.15, 0.2) is 11.5 Å². The van der Waals surface area contributed by atoms with Gasteiger partial charge in [-0.3, -0.25) is 4.40 Å². The predicted octanol–water partition coefficient (Wildman–Crippen LogP) is 4.02. The molecule has 30 heavy (non-hydrogen) atoms. The van der Waals surface area contributed by atoms with Crippen LogP contribution in [-0.4, -0.2) is 28.8 Å². The molecular formula is C22H29N5O2S. The van der Waals surface area contributed by atoms with Gasteiger partial charge < -0.3 is 5.73 Å². The van der Waals surface area contributed by atoms with Crippen molar-refractivity contribution in [2.45, 2.75) is 69.7 Å². The molecule has 2 aromatic heterocycles. The number of hydrogen-bond donors (Lipinski definition) is 2. The van der Waals surface area contributed by atoms with Gasteiger partial charge in [0.1, 0.15) is 0 Å². The summed E-state index contributed by atoms with van der Waals surface area (Å²) in [7, 11) is -3.59. The molecule has 0 amide bonds. The van der Waals surface area contributed by atoms with Gasteiger partial charge in [-0.05, 0) is 43.4 Å². The number of rotatable bonds is 5. The molecule has 0 saturated heterocycles. The maximum atomic E-state index is 13.0. The summed E-state index contributed by atoms with van der Waals surface area (Å²) in [6, 6.07) is 5.26. The van der Waals surface area contributed by atoms with Crippen LogP contribution in [0.15, 0.2) is 35.5 Å². The molecule has 8 heteroatoms. The van der Waals surface area contributed by atoms with Crippen LogP contribution in [0.3, 0.4) is 0 Å². The van der Waals surface area contributed by atoms with Crippen LogP contribution >= 0.6 is 0 Å². The molecule has 7 nitrogen and oxygen atoms in total. The first-order valence-corrected chi connectivity index (χ1v) is 12.0. The van der Waals surface area contributed by atoms with E-state index >= 15 is 0 Å². The highest BCUT2D eigenvalue weighted by Crippen LogP contribution is 2.30. The molecule has 1 aromatic carbocycles. The highest BCUT2D eigenvalue weighted by molar-refractivity contribution is 7.89. The molecule has 0 bridgehead atoms. The third kappa shape index (κ3) is 3.94. The Bertz CT molecular complexity index is 1180. The lowest BCUT2D eigenvalue weighted by molar-refractivity contribution is 0.412. The highest BCUT2D eigenvalue weighted by Gasteiger charge is 2.23. The van der Waals surface area contributed by atoms with Gasteiger partial charge in [-0.25, -0.2) is 23.1 Å². The summed E-state index contributed by atoms with van der Waals surface area (Å²) in [6.07, 6.45) is 8.77. The number of nitrogens with two attached hydrogens (primary N) is 1. The second kappa shape index (κ2) is 8.00. The van der Waals surface area contributed by atoms with E-state index in [0.29, 0.717) is 11.5 Å². The fourth-order valence-electron chi connectivity index (χ4n) is 4.06. The quantitative estimate of drug-likeness (QED) is 0.640. The van der Waals surface area contributed by atoms with Gasteiger partial charge in [-0.1, -0.05) is 39.2 Å². The van der Waals surface area contributed by atoms with E-state index in [0.717, 1.165) is 48.2 Å². The van der Waals surface area contributed by atoms with Crippen molar-refractivity contribution in [3.63, 3.8) is 0 Å². The summed E-state index contributed by atoms with van der Waals surface area (Å²) >= 11 is 0. The van der Waals surface area contributed by atoms with E-state index in [-0.39, 0.29) is 16.9 Å². The first-order valence-electron chi connectivity index (χ1n) is 10.5. The maximum Gasteiger partial charge on any atom is 0.240 e. The third-order valence-corrected chi connectivity index (χ3v) is 7.37. The fraction of sp³-hybridized carbons (Fsp3) is 0.455. The van der Waals surface area contributed by atoms with Gasteiger partial charge in [-0.2, -0.15) is 0 Å². The fourth-order valence-corrected chi connectivity index (χ4v) is 5.39. The number of aromatic nitrogens is 3. The standard InChI is InChI=1S/C22H29N5O2S/c1-14(2)19-13-27-20(12-24-22(27)21(23)25-19)18-11-17(10-9-15(18)3)30(28,29)26-16-7-5-4-6-8-16/h9-14,16,26H,4-8H2,1-3H3,(H2,23,25). The lowest BCUT2D eigenvalue weighted by atomic mass is 9.96. The zero-order valence-electron chi connectivity index (χ0n) is 17.7. The van der Waals surface area contributed by atoms with E-state index in [2.05, 4.69) is 28.5 Å². The Morgan fingerprint density at radius 1 is 1.20 bits per heavy atom. The zero-order valence-corrected chi connectivity index (χ0v) is 18.5. The van der Waals surface area contributed by atoms with Gasteiger partial charge in [0.25, 0.3) is 0 Å². The summed E-state index contributed by atoms with van der Waals surface area (Å²) < 4.78 is 30.9. The second-order valence-corrected chi connectivity index (χ2v) is 10.2. The van der Waals surface area contributed by atoms with E-state index in [1.54, 1.807) is 18.3 Å². The molecule has 0 radical (unpaired) electrons. The molecule has 1 fully saturated rings. The van der Waals surface area contributed by atoms with E-state index < -0.39 is 10.0 Å². The lowest BCUT2D eigenvalue weighted by Crippen LogP contribution is -2.36. The number of aryl methyl sites for hydroxylation is 1. The average molecular weight is 428 g/mol. The van der Waals surface area contributed by atoms with Gasteiger partial charge >= 0.3 is 0 Å². The minimum absolute atomic E-state index is 0.0174. The van der Waals surface area contributed by atoms with Crippen LogP contribution in [0.4, 0.5) is 5.82 Å². The van der Waals surface area contributed by atoms with Crippen molar-refractivity contribution in [1.29, 1.82) is 0 Å². The second-order valence-electron chi connectivity index (χ2n) is 8.48. The molecule has 3 aromatic rings. The zero-order chi connectivity index (χ0) is 21.5. The van der Waals surface area contributed by atoms with Gasteiger partial charge in [0.2, 0.25) is 10.0 Å². The Kier molecular flexibility index (Phi) is 5.55. The molecule has 0 atom stereocenters. The number of sulfonamides is 1. The molecule has 1 aliphatic carbocycles. The van der Waals surface area contributed by atoms with E-state index in [1.165, 1.54) is 6.42 Å². The number of hydrogen-bond acceptors (Lipinski definition) is 5. The van der Waals surface area contributed by atoms with Crippen LogP contribution < -0.4 is 10.5 Å². The Balaban J connectivity index is 1.77. The van der Waals surface area contributed by atoms with Gasteiger partial charge in [0, 0.05) is 17.8 Å². The number of fused-ring (bicyclic) bond motifs is 1. The minimum atomic E-state index is -3.59. The molecule has 1 saturated carbocycles.